The van der Waals surface area contributed by atoms with Crippen LogP contribution < -0.4 is 4.74 Å². The van der Waals surface area contributed by atoms with E-state index in [1.807, 2.05) is 13.0 Å². The van der Waals surface area contributed by atoms with Gasteiger partial charge in [0.2, 0.25) is 0 Å². The van der Waals surface area contributed by atoms with E-state index in [2.05, 4.69) is 0 Å². The molecule has 0 atom stereocenters. The van der Waals surface area contributed by atoms with Gasteiger partial charge < -0.3 is 4.74 Å². The standard InChI is InChI=1S/C14H10ClFO2/c1-9-2-3-11(15)7-14(9)18-13-5-4-12(16)6-10(13)8-17/h2-8H,1H3. The van der Waals surface area contributed by atoms with Crippen molar-refractivity contribution in [3.05, 3.63) is 58.4 Å². The summed E-state index contributed by atoms with van der Waals surface area (Å²) in [5, 5.41) is 0.533. The van der Waals surface area contributed by atoms with Gasteiger partial charge in [-0.25, -0.2) is 4.39 Å². The molecule has 4 heteroatoms. The maximum atomic E-state index is 13.0. The summed E-state index contributed by atoms with van der Waals surface area (Å²) in [6.07, 6.45) is 0.554. The van der Waals surface area contributed by atoms with Crippen molar-refractivity contribution in [3.8, 4) is 11.5 Å². The molecular formula is C14H10ClFO2. The van der Waals surface area contributed by atoms with Crippen LogP contribution in [0.15, 0.2) is 36.4 Å². The Morgan fingerprint density at radius 2 is 1.94 bits per heavy atom. The van der Waals surface area contributed by atoms with Crippen LogP contribution in [0.4, 0.5) is 4.39 Å². The monoisotopic (exact) mass is 264 g/mol. The molecular weight excluding hydrogens is 255 g/mol. The number of carbonyl (C=O) groups excluding carboxylic acids is 1. The smallest absolute Gasteiger partial charge is 0.153 e. The van der Waals surface area contributed by atoms with Crippen LogP contribution in [-0.4, -0.2) is 6.29 Å². The molecule has 0 aliphatic heterocycles. The molecule has 0 fully saturated rings. The summed E-state index contributed by atoms with van der Waals surface area (Å²) in [4.78, 5) is 10.8. The molecule has 2 aromatic carbocycles. The molecule has 0 saturated carbocycles. The number of halogens is 2. The summed E-state index contributed by atoms with van der Waals surface area (Å²) in [6, 6.07) is 8.98. The van der Waals surface area contributed by atoms with Gasteiger partial charge in [0.15, 0.2) is 6.29 Å². The molecule has 0 unspecified atom stereocenters. The van der Waals surface area contributed by atoms with E-state index in [4.69, 9.17) is 16.3 Å². The normalized spacial score (nSPS) is 10.2. The molecule has 0 N–H and O–H groups in total. The Hall–Kier alpha value is -1.87. The Bertz CT molecular complexity index is 596. The minimum Gasteiger partial charge on any atom is -0.456 e. The van der Waals surface area contributed by atoms with Gasteiger partial charge in [-0.15, -0.1) is 0 Å². The average molecular weight is 265 g/mol. The molecule has 92 valence electrons. The Kier molecular flexibility index (Phi) is 3.63. The van der Waals surface area contributed by atoms with Crippen LogP contribution in [0, 0.1) is 12.7 Å². The van der Waals surface area contributed by atoms with Gasteiger partial charge in [0.1, 0.15) is 17.3 Å². The maximum Gasteiger partial charge on any atom is 0.153 e. The van der Waals surface area contributed by atoms with Crippen molar-refractivity contribution < 1.29 is 13.9 Å². The minimum absolute atomic E-state index is 0.161. The van der Waals surface area contributed by atoms with Crippen LogP contribution in [0.25, 0.3) is 0 Å². The lowest BCUT2D eigenvalue weighted by atomic mass is 10.2. The number of hydrogen-bond donors (Lipinski definition) is 0. The van der Waals surface area contributed by atoms with E-state index < -0.39 is 5.82 Å². The maximum absolute atomic E-state index is 13.0. The Morgan fingerprint density at radius 3 is 2.67 bits per heavy atom. The van der Waals surface area contributed by atoms with Crippen LogP contribution >= 0.6 is 11.6 Å². The topological polar surface area (TPSA) is 26.3 Å². The first-order valence-corrected chi connectivity index (χ1v) is 5.66. The third-order valence-electron chi connectivity index (χ3n) is 2.47. The van der Waals surface area contributed by atoms with Crippen molar-refractivity contribution in [2.24, 2.45) is 0 Å². The average Bonchev–Trinajstić information content (AvgIpc) is 2.36. The predicted octanol–water partition coefficient (Wildman–Crippen LogP) is 4.39. The molecule has 0 radical (unpaired) electrons. The van der Waals surface area contributed by atoms with Crippen LogP contribution in [0.2, 0.25) is 5.02 Å². The van der Waals surface area contributed by atoms with Crippen molar-refractivity contribution in [1.29, 1.82) is 0 Å². The van der Waals surface area contributed by atoms with Crippen LogP contribution in [0.5, 0.6) is 11.5 Å². The number of rotatable bonds is 3. The van der Waals surface area contributed by atoms with Gasteiger partial charge in [0.25, 0.3) is 0 Å². The highest BCUT2D eigenvalue weighted by molar-refractivity contribution is 6.30. The highest BCUT2D eigenvalue weighted by Crippen LogP contribution is 2.29. The van der Waals surface area contributed by atoms with Crippen molar-refractivity contribution in [2.75, 3.05) is 0 Å². The second-order valence-corrected chi connectivity index (χ2v) is 4.25. The molecule has 0 amide bonds. The molecule has 2 nitrogen and oxygen atoms in total. The lowest BCUT2D eigenvalue weighted by Gasteiger charge is -2.10. The predicted molar refractivity (Wildman–Crippen MR) is 68.1 cm³/mol. The molecule has 0 aliphatic carbocycles. The van der Waals surface area contributed by atoms with Crippen LogP contribution in [-0.2, 0) is 0 Å². The van der Waals surface area contributed by atoms with E-state index in [0.717, 1.165) is 11.6 Å². The first kappa shape index (κ1) is 12.6. The van der Waals surface area contributed by atoms with Gasteiger partial charge in [-0.05, 0) is 42.8 Å². The highest BCUT2D eigenvalue weighted by Gasteiger charge is 2.08. The molecule has 2 rings (SSSR count). The van der Waals surface area contributed by atoms with E-state index in [-0.39, 0.29) is 5.56 Å². The summed E-state index contributed by atoms with van der Waals surface area (Å²) in [5.74, 6) is 0.362. The molecule has 0 aliphatic rings. The Morgan fingerprint density at radius 1 is 1.17 bits per heavy atom. The Balaban J connectivity index is 2.39. The fourth-order valence-electron chi connectivity index (χ4n) is 1.51. The van der Waals surface area contributed by atoms with Crippen molar-refractivity contribution >= 4 is 17.9 Å². The molecule has 2 aromatic rings. The van der Waals surface area contributed by atoms with Gasteiger partial charge in [0.05, 0.1) is 5.56 Å². The summed E-state index contributed by atoms with van der Waals surface area (Å²) in [7, 11) is 0. The van der Waals surface area contributed by atoms with E-state index in [9.17, 15) is 9.18 Å². The van der Waals surface area contributed by atoms with Gasteiger partial charge in [0, 0.05) is 5.02 Å². The molecule has 0 heterocycles. The molecule has 18 heavy (non-hydrogen) atoms. The van der Waals surface area contributed by atoms with E-state index in [1.54, 1.807) is 12.1 Å². The van der Waals surface area contributed by atoms with Gasteiger partial charge >= 0.3 is 0 Å². The van der Waals surface area contributed by atoms with Gasteiger partial charge in [-0.1, -0.05) is 17.7 Å². The number of aldehydes is 1. The number of carbonyl (C=O) groups is 1. The third-order valence-corrected chi connectivity index (χ3v) is 2.70. The number of hydrogen-bond acceptors (Lipinski definition) is 2. The van der Waals surface area contributed by atoms with E-state index in [0.29, 0.717) is 22.8 Å². The fraction of sp³-hybridized carbons (Fsp3) is 0.0714. The molecule has 0 saturated heterocycles. The van der Waals surface area contributed by atoms with Crippen LogP contribution in [0.3, 0.4) is 0 Å². The van der Waals surface area contributed by atoms with Crippen molar-refractivity contribution in [3.63, 3.8) is 0 Å². The van der Waals surface area contributed by atoms with Gasteiger partial charge in [-0.2, -0.15) is 0 Å². The summed E-state index contributed by atoms with van der Waals surface area (Å²) in [5.41, 5.74) is 1.04. The number of ether oxygens (including phenoxy) is 1. The largest absolute Gasteiger partial charge is 0.456 e. The molecule has 0 bridgehead atoms. The second kappa shape index (κ2) is 5.19. The van der Waals surface area contributed by atoms with E-state index >= 15 is 0 Å². The minimum atomic E-state index is -0.479. The van der Waals surface area contributed by atoms with Crippen molar-refractivity contribution in [2.45, 2.75) is 6.92 Å². The number of aryl methyl sites for hydroxylation is 1. The quantitative estimate of drug-likeness (QED) is 0.769. The zero-order chi connectivity index (χ0) is 13.1. The fourth-order valence-corrected chi connectivity index (χ4v) is 1.67. The lowest BCUT2D eigenvalue weighted by Crippen LogP contribution is -1.93. The molecule has 0 spiro atoms. The summed E-state index contributed by atoms with van der Waals surface area (Å²) < 4.78 is 18.6. The highest BCUT2D eigenvalue weighted by atomic mass is 35.5. The van der Waals surface area contributed by atoms with E-state index in [1.165, 1.54) is 12.1 Å². The zero-order valence-corrected chi connectivity index (χ0v) is 10.4. The zero-order valence-electron chi connectivity index (χ0n) is 9.61. The Labute approximate surface area is 109 Å². The summed E-state index contributed by atoms with van der Waals surface area (Å²) in [6.45, 7) is 1.86. The second-order valence-electron chi connectivity index (χ2n) is 3.81. The first-order valence-electron chi connectivity index (χ1n) is 5.29. The van der Waals surface area contributed by atoms with Crippen LogP contribution in [0.1, 0.15) is 15.9 Å². The SMILES string of the molecule is Cc1ccc(Cl)cc1Oc1ccc(F)cc1C=O. The molecule has 0 aromatic heterocycles. The number of benzene rings is 2. The lowest BCUT2D eigenvalue weighted by molar-refractivity contribution is 0.112. The van der Waals surface area contributed by atoms with Gasteiger partial charge in [-0.3, -0.25) is 4.79 Å². The first-order chi connectivity index (χ1) is 8.60. The van der Waals surface area contributed by atoms with Crippen molar-refractivity contribution in [1.82, 2.24) is 0 Å². The summed E-state index contributed by atoms with van der Waals surface area (Å²) >= 11 is 5.87. The third kappa shape index (κ3) is 2.68.